The van der Waals surface area contributed by atoms with Crippen molar-refractivity contribution in [3.05, 3.63) is 83.9 Å². The Labute approximate surface area is 251 Å². The quantitative estimate of drug-likeness (QED) is 0.189. The van der Waals surface area contributed by atoms with Gasteiger partial charge in [0.2, 0.25) is 15.9 Å². The molecule has 0 saturated carbocycles. The van der Waals surface area contributed by atoms with Crippen LogP contribution in [0.5, 0.6) is 17.2 Å². The predicted molar refractivity (Wildman–Crippen MR) is 161 cm³/mol. The zero-order valence-electron chi connectivity index (χ0n) is 24.1. The molecule has 0 aliphatic carbocycles. The monoisotopic (exact) mass is 616 g/mol. The summed E-state index contributed by atoms with van der Waals surface area (Å²) in [4.78, 5) is 26.1. The highest BCUT2D eigenvalue weighted by Gasteiger charge is 2.38. The normalized spacial score (nSPS) is 11.9. The molecule has 0 spiro atoms. The van der Waals surface area contributed by atoms with Crippen LogP contribution in [0.15, 0.2) is 77.7 Å². The summed E-state index contributed by atoms with van der Waals surface area (Å²) in [5.74, 6) is 1.34. The summed E-state index contributed by atoms with van der Waals surface area (Å²) in [6.07, 6.45) is 0.139. The number of benzene rings is 3. The lowest BCUT2D eigenvalue weighted by Crippen LogP contribution is -2.50. The molecule has 0 radical (unpaired) electrons. The standard InChI is InChI=1S/C30H36N2O8S2/c1-37-24-10-12-27(13-11-24)42(35,36)32(20-29(33)31-19-23-16-25(38-2)18-26(17-23)39-3)28(30(34)40-4)14-15-41-21-22-8-6-5-7-9-22/h5-13,16-18,28H,14-15,19-21H2,1-4H3,(H,31,33). The zero-order valence-corrected chi connectivity index (χ0v) is 25.7. The summed E-state index contributed by atoms with van der Waals surface area (Å²) in [6, 6.07) is 19.5. The maximum Gasteiger partial charge on any atom is 0.324 e. The fourth-order valence-electron chi connectivity index (χ4n) is 4.09. The van der Waals surface area contributed by atoms with Gasteiger partial charge in [-0.25, -0.2) is 8.42 Å². The van der Waals surface area contributed by atoms with Gasteiger partial charge in [0.05, 0.1) is 39.9 Å². The molecule has 226 valence electrons. The second kappa shape index (κ2) is 16.0. The van der Waals surface area contributed by atoms with Crippen molar-refractivity contribution in [1.82, 2.24) is 9.62 Å². The molecule has 10 nitrogen and oxygen atoms in total. The highest BCUT2D eigenvalue weighted by molar-refractivity contribution is 7.98. The number of methoxy groups -OCH3 is 4. The van der Waals surface area contributed by atoms with E-state index in [-0.39, 0.29) is 17.9 Å². The van der Waals surface area contributed by atoms with Crippen LogP contribution in [-0.4, -0.2) is 71.4 Å². The van der Waals surface area contributed by atoms with E-state index in [0.717, 1.165) is 9.87 Å². The number of nitrogens with one attached hydrogen (secondary N) is 1. The number of rotatable bonds is 16. The molecule has 0 aliphatic heterocycles. The third-order valence-corrected chi connectivity index (χ3v) is 9.27. The highest BCUT2D eigenvalue weighted by Crippen LogP contribution is 2.25. The third-order valence-electron chi connectivity index (χ3n) is 6.33. The molecule has 42 heavy (non-hydrogen) atoms. The van der Waals surface area contributed by atoms with E-state index in [0.29, 0.717) is 34.3 Å². The predicted octanol–water partition coefficient (Wildman–Crippen LogP) is 3.88. The van der Waals surface area contributed by atoms with Crippen molar-refractivity contribution in [3.8, 4) is 17.2 Å². The number of hydrogen-bond acceptors (Lipinski definition) is 9. The van der Waals surface area contributed by atoms with Crippen molar-refractivity contribution in [2.24, 2.45) is 0 Å². The first-order valence-corrected chi connectivity index (χ1v) is 15.6. The van der Waals surface area contributed by atoms with E-state index in [1.807, 2.05) is 30.3 Å². The van der Waals surface area contributed by atoms with Gasteiger partial charge in [0.15, 0.2) is 0 Å². The Morgan fingerprint density at radius 2 is 1.45 bits per heavy atom. The highest BCUT2D eigenvalue weighted by atomic mass is 32.2. The lowest BCUT2D eigenvalue weighted by atomic mass is 10.2. The van der Waals surface area contributed by atoms with Gasteiger partial charge in [0.25, 0.3) is 0 Å². The summed E-state index contributed by atoms with van der Waals surface area (Å²) in [5, 5.41) is 2.74. The molecule has 0 aromatic heterocycles. The SMILES string of the molecule is COC(=O)C(CCSCc1ccccc1)N(CC(=O)NCc1cc(OC)cc(OC)c1)S(=O)(=O)c1ccc(OC)cc1. The first-order valence-electron chi connectivity index (χ1n) is 13.1. The Morgan fingerprint density at radius 3 is 2.02 bits per heavy atom. The van der Waals surface area contributed by atoms with E-state index in [9.17, 15) is 18.0 Å². The van der Waals surface area contributed by atoms with Crippen molar-refractivity contribution >= 4 is 33.7 Å². The van der Waals surface area contributed by atoms with E-state index >= 15 is 0 Å². The topological polar surface area (TPSA) is 120 Å². The average Bonchev–Trinajstić information content (AvgIpc) is 3.02. The minimum absolute atomic E-state index is 0.0820. The van der Waals surface area contributed by atoms with Crippen LogP contribution in [0.2, 0.25) is 0 Å². The molecule has 3 rings (SSSR count). The Bertz CT molecular complexity index is 1390. The zero-order chi connectivity index (χ0) is 30.5. The number of carbonyl (C=O) groups is 2. The van der Waals surface area contributed by atoms with Crippen molar-refractivity contribution < 1.29 is 37.0 Å². The van der Waals surface area contributed by atoms with Gasteiger partial charge in [-0.3, -0.25) is 9.59 Å². The van der Waals surface area contributed by atoms with Crippen LogP contribution in [-0.2, 0) is 36.6 Å². The first-order chi connectivity index (χ1) is 20.2. The maximum atomic E-state index is 13.9. The largest absolute Gasteiger partial charge is 0.497 e. The maximum absolute atomic E-state index is 13.9. The van der Waals surface area contributed by atoms with Gasteiger partial charge in [-0.05, 0) is 59.7 Å². The lowest BCUT2D eigenvalue weighted by Gasteiger charge is -2.28. The van der Waals surface area contributed by atoms with Crippen LogP contribution in [0.1, 0.15) is 17.5 Å². The summed E-state index contributed by atoms with van der Waals surface area (Å²) in [7, 11) is 1.40. The number of ether oxygens (including phenoxy) is 4. The van der Waals surface area contributed by atoms with Crippen LogP contribution >= 0.6 is 11.8 Å². The minimum atomic E-state index is -4.30. The Kier molecular flexibility index (Phi) is 12.5. The number of hydrogen-bond donors (Lipinski definition) is 1. The number of carbonyl (C=O) groups excluding carboxylic acids is 2. The minimum Gasteiger partial charge on any atom is -0.497 e. The fraction of sp³-hybridized carbons (Fsp3) is 0.333. The Balaban J connectivity index is 1.84. The van der Waals surface area contributed by atoms with Gasteiger partial charge in [-0.2, -0.15) is 16.1 Å². The average molecular weight is 617 g/mol. The number of sulfonamides is 1. The van der Waals surface area contributed by atoms with Gasteiger partial charge in [0.1, 0.15) is 23.3 Å². The van der Waals surface area contributed by atoms with E-state index in [2.05, 4.69) is 5.32 Å². The van der Waals surface area contributed by atoms with Crippen molar-refractivity contribution in [2.75, 3.05) is 40.7 Å². The second-order valence-corrected chi connectivity index (χ2v) is 12.1. The molecule has 0 heterocycles. The molecule has 0 aliphatic rings. The molecule has 0 saturated heterocycles. The van der Waals surface area contributed by atoms with E-state index < -0.39 is 34.5 Å². The van der Waals surface area contributed by atoms with Gasteiger partial charge >= 0.3 is 5.97 Å². The van der Waals surface area contributed by atoms with Crippen molar-refractivity contribution in [2.45, 2.75) is 29.7 Å². The first kappa shape index (κ1) is 32.8. The van der Waals surface area contributed by atoms with E-state index in [1.54, 1.807) is 30.0 Å². The number of nitrogens with zero attached hydrogens (tertiary/aromatic N) is 1. The lowest BCUT2D eigenvalue weighted by molar-refractivity contribution is -0.145. The summed E-state index contributed by atoms with van der Waals surface area (Å²) < 4.78 is 49.4. The molecular formula is C30H36N2O8S2. The van der Waals surface area contributed by atoms with E-state index in [1.165, 1.54) is 52.7 Å². The van der Waals surface area contributed by atoms with Crippen molar-refractivity contribution in [3.63, 3.8) is 0 Å². The number of amides is 1. The molecule has 3 aromatic carbocycles. The van der Waals surface area contributed by atoms with Crippen LogP contribution < -0.4 is 19.5 Å². The molecule has 12 heteroatoms. The molecule has 1 amide bonds. The van der Waals surface area contributed by atoms with Gasteiger partial charge in [0, 0.05) is 18.4 Å². The number of esters is 1. The van der Waals surface area contributed by atoms with Crippen LogP contribution in [0.4, 0.5) is 0 Å². The number of thioether (sulfide) groups is 1. The van der Waals surface area contributed by atoms with Crippen LogP contribution in [0, 0.1) is 0 Å². The van der Waals surface area contributed by atoms with Crippen LogP contribution in [0.25, 0.3) is 0 Å². The van der Waals surface area contributed by atoms with Gasteiger partial charge in [-0.1, -0.05) is 30.3 Å². The smallest absolute Gasteiger partial charge is 0.324 e. The van der Waals surface area contributed by atoms with Gasteiger partial charge in [-0.15, -0.1) is 0 Å². The van der Waals surface area contributed by atoms with Crippen LogP contribution in [0.3, 0.4) is 0 Å². The Morgan fingerprint density at radius 1 is 0.833 bits per heavy atom. The van der Waals surface area contributed by atoms with Crippen molar-refractivity contribution in [1.29, 1.82) is 0 Å². The Hall–Kier alpha value is -3.74. The molecular weight excluding hydrogens is 580 g/mol. The third kappa shape index (κ3) is 9.13. The molecule has 0 bridgehead atoms. The molecule has 1 unspecified atom stereocenters. The molecule has 3 aromatic rings. The summed E-state index contributed by atoms with van der Waals surface area (Å²) in [5.41, 5.74) is 1.79. The molecule has 1 atom stereocenters. The summed E-state index contributed by atoms with van der Waals surface area (Å²) >= 11 is 1.55. The van der Waals surface area contributed by atoms with E-state index in [4.69, 9.17) is 18.9 Å². The molecule has 0 fully saturated rings. The van der Waals surface area contributed by atoms with Gasteiger partial charge < -0.3 is 24.3 Å². The fourth-order valence-corrected chi connectivity index (χ4v) is 6.61. The summed E-state index contributed by atoms with van der Waals surface area (Å²) in [6.45, 7) is -0.517. The second-order valence-electron chi connectivity index (χ2n) is 9.09. The molecule has 1 N–H and O–H groups in total.